The Hall–Kier alpha value is -1.06. The van der Waals surface area contributed by atoms with Crippen molar-refractivity contribution in [1.82, 2.24) is 0 Å². The lowest BCUT2D eigenvalue weighted by Gasteiger charge is -2.30. The molecule has 0 heterocycles. The van der Waals surface area contributed by atoms with Gasteiger partial charge in [-0.05, 0) is 25.7 Å². The minimum Gasteiger partial charge on any atom is -0.481 e. The Morgan fingerprint density at radius 3 is 0.973 bits per heavy atom. The Bertz CT molecular complexity index is 490. The van der Waals surface area contributed by atoms with Gasteiger partial charge < -0.3 is 10.2 Å². The van der Waals surface area contributed by atoms with Crippen LogP contribution < -0.4 is 0 Å². The van der Waals surface area contributed by atoms with E-state index in [4.69, 9.17) is 5.11 Å². The van der Waals surface area contributed by atoms with Gasteiger partial charge in [0.2, 0.25) is 0 Å². The summed E-state index contributed by atoms with van der Waals surface area (Å²) in [5, 5.41) is 19.2. The van der Waals surface area contributed by atoms with Gasteiger partial charge in [-0.2, -0.15) is 0 Å². The highest BCUT2D eigenvalue weighted by Crippen LogP contribution is 2.38. The molecular weight excluding hydrogens is 460 g/mol. The Balaban J connectivity index is 4.30. The van der Waals surface area contributed by atoms with Gasteiger partial charge in [-0.3, -0.25) is 9.59 Å². The quantitative estimate of drug-likeness (QED) is 0.0916. The second-order valence-corrected chi connectivity index (χ2v) is 11.8. The van der Waals surface area contributed by atoms with Crippen molar-refractivity contribution < 1.29 is 19.8 Å². The fourth-order valence-corrected chi connectivity index (χ4v) is 5.69. The largest absolute Gasteiger partial charge is 0.481 e. The van der Waals surface area contributed by atoms with Crippen LogP contribution in [0.25, 0.3) is 0 Å². The van der Waals surface area contributed by atoms with Crippen molar-refractivity contribution in [3.05, 3.63) is 0 Å². The molecule has 0 radical (unpaired) electrons. The molecule has 2 N–H and O–H groups in total. The zero-order valence-electron chi connectivity index (χ0n) is 25.0. The van der Waals surface area contributed by atoms with Crippen molar-refractivity contribution in [1.29, 1.82) is 0 Å². The van der Waals surface area contributed by atoms with E-state index >= 15 is 0 Å². The van der Waals surface area contributed by atoms with Crippen molar-refractivity contribution >= 4 is 11.9 Å². The molecule has 0 saturated carbocycles. The second-order valence-electron chi connectivity index (χ2n) is 11.8. The van der Waals surface area contributed by atoms with Crippen LogP contribution in [0.2, 0.25) is 0 Å². The first-order chi connectivity index (χ1) is 18.0. The van der Waals surface area contributed by atoms with Crippen LogP contribution in [0.3, 0.4) is 0 Å². The maximum Gasteiger partial charge on any atom is 0.309 e. The molecule has 0 atom stereocenters. The highest BCUT2D eigenvalue weighted by Gasteiger charge is 2.36. The lowest BCUT2D eigenvalue weighted by Crippen LogP contribution is -2.31. The van der Waals surface area contributed by atoms with E-state index in [2.05, 4.69) is 13.8 Å². The number of unbranched alkanes of at least 4 members (excludes halogenated alkanes) is 21. The fraction of sp³-hybridized carbons (Fsp3) is 0.939. The molecule has 4 nitrogen and oxygen atoms in total. The van der Waals surface area contributed by atoms with Gasteiger partial charge in [-0.15, -0.1) is 0 Å². The fourth-order valence-electron chi connectivity index (χ4n) is 5.69. The summed E-state index contributed by atoms with van der Waals surface area (Å²) in [7, 11) is 0. The van der Waals surface area contributed by atoms with Crippen molar-refractivity contribution in [2.24, 2.45) is 5.41 Å². The van der Waals surface area contributed by atoms with Gasteiger partial charge >= 0.3 is 11.9 Å². The minimum atomic E-state index is -0.781. The number of carboxylic acid groups (broad SMARTS) is 2. The molecule has 4 heteroatoms. The van der Waals surface area contributed by atoms with Gasteiger partial charge in [0.1, 0.15) is 0 Å². The number of carbonyl (C=O) groups is 2. The van der Waals surface area contributed by atoms with Crippen molar-refractivity contribution in [2.75, 3.05) is 0 Å². The summed E-state index contributed by atoms with van der Waals surface area (Å²) < 4.78 is 0. The van der Waals surface area contributed by atoms with E-state index in [1.807, 2.05) is 0 Å². The molecule has 0 aliphatic heterocycles. The van der Waals surface area contributed by atoms with Crippen LogP contribution in [0, 0.1) is 5.41 Å². The molecule has 37 heavy (non-hydrogen) atoms. The Morgan fingerprint density at radius 1 is 0.432 bits per heavy atom. The summed E-state index contributed by atoms with van der Waals surface area (Å²) in [6.07, 6.45) is 31.6. The molecule has 220 valence electrons. The van der Waals surface area contributed by atoms with Gasteiger partial charge in [-0.1, -0.05) is 162 Å². The molecule has 0 aliphatic carbocycles. The second kappa shape index (κ2) is 26.5. The summed E-state index contributed by atoms with van der Waals surface area (Å²) in [6, 6.07) is 0. The van der Waals surface area contributed by atoms with Gasteiger partial charge in [0, 0.05) is 6.42 Å². The minimum absolute atomic E-state index is 0.145. The first-order valence-electron chi connectivity index (χ1n) is 16.4. The van der Waals surface area contributed by atoms with Crippen LogP contribution in [-0.4, -0.2) is 22.2 Å². The molecule has 0 aromatic rings. The molecule has 0 aliphatic rings. The van der Waals surface area contributed by atoms with Crippen LogP contribution in [0.15, 0.2) is 0 Å². The molecule has 0 amide bonds. The molecule has 0 fully saturated rings. The maximum atomic E-state index is 12.5. The summed E-state index contributed by atoms with van der Waals surface area (Å²) >= 11 is 0. The van der Waals surface area contributed by atoms with E-state index in [1.54, 1.807) is 0 Å². The van der Waals surface area contributed by atoms with Crippen LogP contribution in [0.1, 0.15) is 194 Å². The summed E-state index contributed by atoms with van der Waals surface area (Å²) in [5.74, 6) is -1.43. The summed E-state index contributed by atoms with van der Waals surface area (Å²) in [5.41, 5.74) is -0.656. The SMILES string of the molecule is CCCCCCCCCCCCCC(CCCCCCCCCCCCC)(CCCCC(=O)O)C(=O)O. The predicted octanol–water partition coefficient (Wildman–Crippen LogP) is 11.1. The Morgan fingerprint density at radius 2 is 0.703 bits per heavy atom. The number of hydrogen-bond acceptors (Lipinski definition) is 2. The average molecular weight is 525 g/mol. The highest BCUT2D eigenvalue weighted by atomic mass is 16.4. The van der Waals surface area contributed by atoms with E-state index in [-0.39, 0.29) is 6.42 Å². The molecule has 0 spiro atoms. The van der Waals surface area contributed by atoms with E-state index in [9.17, 15) is 14.7 Å². The van der Waals surface area contributed by atoms with E-state index in [0.29, 0.717) is 19.3 Å². The Labute approximate surface area is 230 Å². The zero-order valence-corrected chi connectivity index (χ0v) is 25.0. The number of aliphatic carboxylic acids is 2. The molecule has 0 bridgehead atoms. The lowest BCUT2D eigenvalue weighted by molar-refractivity contribution is -0.150. The zero-order chi connectivity index (χ0) is 27.5. The molecule has 0 saturated heterocycles. The third-order valence-corrected chi connectivity index (χ3v) is 8.27. The van der Waals surface area contributed by atoms with Crippen LogP contribution in [0.5, 0.6) is 0 Å². The van der Waals surface area contributed by atoms with Crippen molar-refractivity contribution in [2.45, 2.75) is 194 Å². The topological polar surface area (TPSA) is 74.6 Å². The number of carboxylic acids is 2. The third-order valence-electron chi connectivity index (χ3n) is 8.27. The van der Waals surface area contributed by atoms with Crippen LogP contribution in [0.4, 0.5) is 0 Å². The smallest absolute Gasteiger partial charge is 0.309 e. The molecule has 0 rings (SSSR count). The molecule has 0 aromatic carbocycles. The Kier molecular flexibility index (Phi) is 25.8. The molecular formula is C33H64O4. The summed E-state index contributed by atoms with van der Waals surface area (Å²) in [4.78, 5) is 23.4. The van der Waals surface area contributed by atoms with Crippen molar-refractivity contribution in [3.63, 3.8) is 0 Å². The standard InChI is InChI=1S/C33H64O4/c1-3-5-7-9-11-13-15-17-19-21-24-28-33(32(36)37,30-26-23-27-31(34)35)29-25-22-20-18-16-14-12-10-8-6-4-2/h3-30H2,1-2H3,(H,34,35)(H,36,37). The highest BCUT2D eigenvalue weighted by molar-refractivity contribution is 5.74. The monoisotopic (exact) mass is 524 g/mol. The van der Waals surface area contributed by atoms with E-state index < -0.39 is 17.4 Å². The normalized spacial score (nSPS) is 11.7. The number of hydrogen-bond donors (Lipinski definition) is 2. The van der Waals surface area contributed by atoms with E-state index in [1.165, 1.54) is 116 Å². The average Bonchev–Trinajstić information content (AvgIpc) is 2.87. The van der Waals surface area contributed by atoms with Gasteiger partial charge in [0.05, 0.1) is 5.41 Å². The number of rotatable bonds is 30. The first-order valence-corrected chi connectivity index (χ1v) is 16.4. The lowest BCUT2D eigenvalue weighted by atomic mass is 9.74. The predicted molar refractivity (Wildman–Crippen MR) is 158 cm³/mol. The maximum absolute atomic E-state index is 12.5. The van der Waals surface area contributed by atoms with Gasteiger partial charge in [0.15, 0.2) is 0 Å². The first kappa shape index (κ1) is 35.9. The van der Waals surface area contributed by atoms with Gasteiger partial charge in [-0.25, -0.2) is 0 Å². The summed E-state index contributed by atoms with van der Waals surface area (Å²) in [6.45, 7) is 4.51. The molecule has 0 aromatic heterocycles. The van der Waals surface area contributed by atoms with Crippen LogP contribution in [-0.2, 0) is 9.59 Å². The van der Waals surface area contributed by atoms with E-state index in [0.717, 1.165) is 38.5 Å². The van der Waals surface area contributed by atoms with Gasteiger partial charge in [0.25, 0.3) is 0 Å². The van der Waals surface area contributed by atoms with Crippen molar-refractivity contribution in [3.8, 4) is 0 Å². The van der Waals surface area contributed by atoms with Crippen LogP contribution >= 0.6 is 0 Å². The molecule has 0 unspecified atom stereocenters. The third kappa shape index (κ3) is 22.6.